The molecule has 1 aliphatic heterocycles. The molecule has 1 aliphatic rings. The lowest BCUT2D eigenvalue weighted by Crippen LogP contribution is -2.45. The van der Waals surface area contributed by atoms with Crippen molar-refractivity contribution in [2.75, 3.05) is 6.54 Å². The highest BCUT2D eigenvalue weighted by Crippen LogP contribution is 2.28. The predicted molar refractivity (Wildman–Crippen MR) is 128 cm³/mol. The summed E-state index contributed by atoms with van der Waals surface area (Å²) in [4.78, 5) is 21.3. The molecule has 1 saturated heterocycles. The predicted octanol–water partition coefficient (Wildman–Crippen LogP) is 4.22. The van der Waals surface area contributed by atoms with Crippen LogP contribution in [-0.4, -0.2) is 49.0 Å². The minimum Gasteiger partial charge on any atom is -0.349 e. The zero-order valence-corrected chi connectivity index (χ0v) is 19.8. The lowest BCUT2D eigenvalue weighted by atomic mass is 10.1. The van der Waals surface area contributed by atoms with Crippen molar-refractivity contribution >= 4 is 21.5 Å². The Labute approximate surface area is 197 Å². The minimum atomic E-state index is -3.26. The van der Waals surface area contributed by atoms with Gasteiger partial charge in [0.05, 0.1) is 27.6 Å². The number of nitrogens with one attached hydrogen (secondary N) is 1. The zero-order valence-electron chi connectivity index (χ0n) is 19.0. The number of carbonyl (C=O) groups is 1. The van der Waals surface area contributed by atoms with Crippen molar-refractivity contribution in [1.82, 2.24) is 19.6 Å². The number of alkyl halides is 2. The van der Waals surface area contributed by atoms with Gasteiger partial charge in [-0.1, -0.05) is 30.8 Å². The van der Waals surface area contributed by atoms with E-state index in [1.807, 2.05) is 0 Å². The second-order valence-electron chi connectivity index (χ2n) is 8.14. The quantitative estimate of drug-likeness (QED) is 0.442. The summed E-state index contributed by atoms with van der Waals surface area (Å²) >= 11 is 0. The zero-order chi connectivity index (χ0) is 25.0. The average molecular weight is 493 g/mol. The van der Waals surface area contributed by atoms with E-state index in [9.17, 15) is 22.2 Å². The van der Waals surface area contributed by atoms with Gasteiger partial charge in [0.25, 0.3) is 0 Å². The van der Waals surface area contributed by atoms with E-state index >= 15 is 0 Å². The number of halogens is 3. The first-order chi connectivity index (χ1) is 16.0. The van der Waals surface area contributed by atoms with Crippen LogP contribution < -0.4 is 5.32 Å². The van der Waals surface area contributed by atoms with Gasteiger partial charge in [0.15, 0.2) is 0 Å². The molecule has 0 saturated carbocycles. The van der Waals surface area contributed by atoms with Gasteiger partial charge in [0, 0.05) is 23.4 Å². The number of hydrogen-bond donors (Lipinski definition) is 1. The highest BCUT2D eigenvalue weighted by Gasteiger charge is 2.41. The maximum Gasteiger partial charge on any atom is 0.238 e. The summed E-state index contributed by atoms with van der Waals surface area (Å²) in [6.07, 6.45) is -0.286. The number of hydrogen-bond acceptors (Lipinski definition) is 4. The Hall–Kier alpha value is -2.98. The summed E-state index contributed by atoms with van der Waals surface area (Å²) in [7, 11) is -3.26. The molecule has 34 heavy (non-hydrogen) atoms. The highest BCUT2D eigenvalue weighted by molar-refractivity contribution is 8.01. The number of aromatic nitrogens is 2. The van der Waals surface area contributed by atoms with Crippen LogP contribution in [0.3, 0.4) is 0 Å². The van der Waals surface area contributed by atoms with Crippen LogP contribution in [0.4, 0.5) is 13.2 Å². The monoisotopic (exact) mass is 492 g/mol. The van der Waals surface area contributed by atoms with Gasteiger partial charge < -0.3 is 5.32 Å². The fraction of sp³-hybridized carbons (Fsp3) is 0.333. The molecule has 1 fully saturated rings. The Kier molecular flexibility index (Phi) is 7.93. The number of nitrogens with zero attached hydrogens (tertiary/aromatic N) is 3. The molecule has 182 valence electrons. The Balaban J connectivity index is 1.72. The van der Waals surface area contributed by atoms with Crippen molar-refractivity contribution in [2.24, 2.45) is 0 Å². The molecule has 3 rings (SSSR count). The third kappa shape index (κ3) is 5.92. The molecule has 1 aromatic heterocycles. The van der Waals surface area contributed by atoms with E-state index in [0.29, 0.717) is 17.0 Å². The van der Waals surface area contributed by atoms with Gasteiger partial charge in [-0.3, -0.25) is 4.79 Å². The van der Waals surface area contributed by atoms with Gasteiger partial charge in [-0.05, 0) is 37.4 Å². The van der Waals surface area contributed by atoms with Crippen molar-refractivity contribution < 1.29 is 22.2 Å². The van der Waals surface area contributed by atoms with Crippen molar-refractivity contribution in [1.29, 1.82) is 0 Å². The number of carbonyl (C=O) groups excluding carboxylic acids is 1. The van der Waals surface area contributed by atoms with E-state index in [1.54, 1.807) is 30.3 Å². The summed E-state index contributed by atoms with van der Waals surface area (Å²) in [6.45, 7) is 5.75. The molecule has 1 N–H and O–H groups in total. The normalized spacial score (nSPS) is 21.6. The third-order valence-electron chi connectivity index (χ3n) is 5.58. The lowest BCUT2D eigenvalue weighted by molar-refractivity contribution is -0.124. The van der Waals surface area contributed by atoms with Crippen LogP contribution in [0.1, 0.15) is 37.7 Å². The van der Waals surface area contributed by atoms with Crippen molar-refractivity contribution in [3.05, 3.63) is 71.3 Å². The second-order valence-corrected chi connectivity index (χ2v) is 10.5. The van der Waals surface area contributed by atoms with Crippen molar-refractivity contribution in [3.8, 4) is 11.3 Å². The highest BCUT2D eigenvalue weighted by atomic mass is 32.2. The van der Waals surface area contributed by atoms with Gasteiger partial charge in [0.2, 0.25) is 5.91 Å². The fourth-order valence-corrected chi connectivity index (χ4v) is 5.36. The standard InChI is InChI=1S/C24H27F3N4O2S/c1-15(25)9-16(2)34(4,33)31-13-20(27)10-23(31)24(32)28-12-21-11-22(30-14-29-21)19-7-5-18(6-8-19)17(3)26/h5-9,11,14,17,20,23H,1,4,10,12-13H2,2-3H3,(H,28,32). The number of amides is 1. The molecule has 4 atom stereocenters. The molecule has 2 heterocycles. The molecular weight excluding hydrogens is 465 g/mol. The summed E-state index contributed by atoms with van der Waals surface area (Å²) < 4.78 is 55.2. The summed E-state index contributed by atoms with van der Waals surface area (Å²) in [5, 5.41) is 2.69. The lowest BCUT2D eigenvalue weighted by Gasteiger charge is -2.27. The molecule has 1 amide bonds. The van der Waals surface area contributed by atoms with Crippen LogP contribution in [0.5, 0.6) is 0 Å². The molecule has 0 aliphatic carbocycles. The van der Waals surface area contributed by atoms with Crippen LogP contribution in [0.15, 0.2) is 60.0 Å². The summed E-state index contributed by atoms with van der Waals surface area (Å²) in [6, 6.07) is 7.50. The van der Waals surface area contributed by atoms with Crippen LogP contribution in [-0.2, 0) is 21.0 Å². The largest absolute Gasteiger partial charge is 0.349 e. The molecule has 10 heteroatoms. The van der Waals surface area contributed by atoms with Crippen LogP contribution in [0, 0.1) is 0 Å². The molecule has 0 radical (unpaired) electrons. The van der Waals surface area contributed by atoms with Gasteiger partial charge in [-0.15, -0.1) is 0 Å². The van der Waals surface area contributed by atoms with Crippen LogP contribution >= 0.6 is 0 Å². The van der Waals surface area contributed by atoms with Gasteiger partial charge >= 0.3 is 0 Å². The number of rotatable bonds is 8. The molecular formula is C24H27F3N4O2S. The first-order valence-electron chi connectivity index (χ1n) is 10.6. The SMILES string of the molecule is C=C(F)C=C(C)S(=C)(=O)N1CC(F)CC1C(=O)NCc1cc(-c2ccc(C(C)F)cc2)ncn1. The van der Waals surface area contributed by atoms with Gasteiger partial charge in [0.1, 0.15) is 30.5 Å². The third-order valence-corrected chi connectivity index (χ3v) is 7.87. The van der Waals surface area contributed by atoms with E-state index in [4.69, 9.17) is 0 Å². The molecule has 1 aromatic carbocycles. The Morgan fingerprint density at radius 1 is 1.35 bits per heavy atom. The van der Waals surface area contributed by atoms with E-state index in [0.717, 1.165) is 11.6 Å². The Bertz CT molecular complexity index is 1200. The van der Waals surface area contributed by atoms with E-state index < -0.39 is 39.8 Å². The van der Waals surface area contributed by atoms with E-state index in [-0.39, 0.29) is 24.4 Å². The Morgan fingerprint density at radius 2 is 2.03 bits per heavy atom. The topological polar surface area (TPSA) is 75.2 Å². The average Bonchev–Trinajstić information content (AvgIpc) is 3.20. The first-order valence-corrected chi connectivity index (χ1v) is 12.3. The number of allylic oxidation sites excluding steroid dienone is 3. The van der Waals surface area contributed by atoms with Crippen molar-refractivity contribution in [2.45, 2.75) is 45.2 Å². The first kappa shape index (κ1) is 25.6. The van der Waals surface area contributed by atoms with Gasteiger partial charge in [-0.25, -0.2) is 31.7 Å². The Morgan fingerprint density at radius 3 is 2.65 bits per heavy atom. The maximum absolute atomic E-state index is 14.2. The molecule has 4 unspecified atom stereocenters. The number of benzene rings is 1. The molecule has 0 bridgehead atoms. The maximum atomic E-state index is 14.2. The molecule has 6 nitrogen and oxygen atoms in total. The fourth-order valence-electron chi connectivity index (χ4n) is 3.68. The van der Waals surface area contributed by atoms with Crippen LogP contribution in [0.2, 0.25) is 0 Å². The smallest absolute Gasteiger partial charge is 0.238 e. The van der Waals surface area contributed by atoms with Crippen LogP contribution in [0.25, 0.3) is 11.3 Å². The van der Waals surface area contributed by atoms with Gasteiger partial charge in [-0.2, -0.15) is 0 Å². The van der Waals surface area contributed by atoms with Crippen molar-refractivity contribution in [3.63, 3.8) is 0 Å². The van der Waals surface area contributed by atoms with E-state index in [1.165, 1.54) is 24.5 Å². The van der Waals surface area contributed by atoms with E-state index in [2.05, 4.69) is 27.7 Å². The second kappa shape index (κ2) is 10.5. The molecule has 2 aromatic rings. The molecule has 0 spiro atoms. The summed E-state index contributed by atoms with van der Waals surface area (Å²) in [5.41, 5.74) is 2.41. The minimum absolute atomic E-state index is 0.0314. The summed E-state index contributed by atoms with van der Waals surface area (Å²) in [5.74, 6) is 2.30.